The maximum Gasteiger partial charge on any atom is 0.259 e. The predicted octanol–water partition coefficient (Wildman–Crippen LogP) is 2.42. The van der Waals surface area contributed by atoms with Crippen molar-refractivity contribution in [3.8, 4) is 5.75 Å². The maximum absolute atomic E-state index is 12.1. The zero-order valence-corrected chi connectivity index (χ0v) is 11.2. The molecule has 0 saturated carbocycles. The molecule has 0 aliphatic rings. The van der Waals surface area contributed by atoms with Gasteiger partial charge < -0.3 is 10.1 Å². The number of ether oxygens (including phenoxy) is 1. The second-order valence-corrected chi connectivity index (χ2v) is 4.71. The number of amides is 1. The van der Waals surface area contributed by atoms with E-state index in [9.17, 15) is 4.79 Å². The van der Waals surface area contributed by atoms with E-state index in [-0.39, 0.29) is 5.91 Å². The van der Waals surface area contributed by atoms with Crippen molar-refractivity contribution < 1.29 is 9.53 Å². The largest absolute Gasteiger partial charge is 0.497 e. The molecule has 1 N–H and O–H groups in total. The Balaban J connectivity index is 2.21. The molecule has 6 heteroatoms. The third kappa shape index (κ3) is 2.48. The van der Waals surface area contributed by atoms with Gasteiger partial charge in [-0.25, -0.2) is 4.98 Å². The Morgan fingerprint density at radius 2 is 2.22 bits per heavy atom. The number of carbonyl (C=O) groups excluding carboxylic acids is 1. The minimum atomic E-state index is -0.195. The normalized spacial score (nSPS) is 10.2. The molecule has 2 aromatic heterocycles. The molecule has 0 aliphatic heterocycles. The summed E-state index contributed by atoms with van der Waals surface area (Å²) in [6.07, 6.45) is 1.58. The fourth-order valence-electron chi connectivity index (χ4n) is 1.59. The Bertz CT molecular complexity index is 561. The number of nitrogens with one attached hydrogen (secondary N) is 1. The van der Waals surface area contributed by atoms with Crippen molar-refractivity contribution >= 4 is 23.3 Å². The molecule has 0 aliphatic carbocycles. The molecule has 0 saturated heterocycles. The van der Waals surface area contributed by atoms with E-state index in [1.807, 2.05) is 13.8 Å². The van der Waals surface area contributed by atoms with Gasteiger partial charge in [0.2, 0.25) is 0 Å². The fraction of sp³-hybridized carbons (Fsp3) is 0.250. The van der Waals surface area contributed by atoms with Gasteiger partial charge in [0.15, 0.2) is 0 Å². The zero-order chi connectivity index (χ0) is 13.1. The Morgan fingerprint density at radius 3 is 2.83 bits per heavy atom. The molecule has 0 spiro atoms. The molecule has 2 heterocycles. The molecule has 0 atom stereocenters. The predicted molar refractivity (Wildman–Crippen MR) is 70.3 cm³/mol. The van der Waals surface area contributed by atoms with Crippen molar-refractivity contribution in [1.29, 1.82) is 0 Å². The van der Waals surface area contributed by atoms with Crippen LogP contribution in [0.3, 0.4) is 0 Å². The Morgan fingerprint density at radius 1 is 1.44 bits per heavy atom. The molecule has 2 aromatic rings. The highest BCUT2D eigenvalue weighted by molar-refractivity contribution is 7.06. The molecule has 94 valence electrons. The van der Waals surface area contributed by atoms with E-state index in [1.54, 1.807) is 25.4 Å². The highest BCUT2D eigenvalue weighted by Crippen LogP contribution is 2.19. The first-order chi connectivity index (χ1) is 8.61. The lowest BCUT2D eigenvalue weighted by Gasteiger charge is -2.06. The number of anilines is 1. The van der Waals surface area contributed by atoms with E-state index in [4.69, 9.17) is 4.74 Å². The summed E-state index contributed by atoms with van der Waals surface area (Å²) in [5, 5.41) is 2.74. The van der Waals surface area contributed by atoms with Crippen LogP contribution >= 0.6 is 11.5 Å². The molecule has 0 aromatic carbocycles. The number of rotatable bonds is 3. The number of carbonyl (C=O) groups is 1. The smallest absolute Gasteiger partial charge is 0.259 e. The van der Waals surface area contributed by atoms with Gasteiger partial charge in [0, 0.05) is 17.1 Å². The summed E-state index contributed by atoms with van der Waals surface area (Å²) in [5.74, 6) is 0.918. The number of hydrogen-bond donors (Lipinski definition) is 1. The second-order valence-electron chi connectivity index (χ2n) is 3.73. The molecule has 0 fully saturated rings. The van der Waals surface area contributed by atoms with Crippen molar-refractivity contribution in [2.24, 2.45) is 0 Å². The number of nitrogens with zero attached hydrogens (tertiary/aromatic N) is 2. The molecule has 18 heavy (non-hydrogen) atoms. The fourth-order valence-corrected chi connectivity index (χ4v) is 2.29. The summed E-state index contributed by atoms with van der Waals surface area (Å²) < 4.78 is 9.22. The molecule has 0 radical (unpaired) electrons. The van der Waals surface area contributed by atoms with Gasteiger partial charge in [-0.1, -0.05) is 0 Å². The lowest BCUT2D eigenvalue weighted by molar-refractivity contribution is 0.102. The highest BCUT2D eigenvalue weighted by Gasteiger charge is 2.16. The number of hydrogen-bond acceptors (Lipinski definition) is 5. The van der Waals surface area contributed by atoms with Crippen LogP contribution in [-0.4, -0.2) is 22.4 Å². The van der Waals surface area contributed by atoms with Crippen LogP contribution in [0.1, 0.15) is 20.9 Å². The Labute approximate surface area is 109 Å². The van der Waals surface area contributed by atoms with Gasteiger partial charge in [0.05, 0.1) is 18.4 Å². The van der Waals surface area contributed by atoms with Crippen molar-refractivity contribution in [2.45, 2.75) is 13.8 Å². The number of aryl methyl sites for hydroxylation is 2. The molecule has 2 rings (SSSR count). The third-order valence-electron chi connectivity index (χ3n) is 2.47. The van der Waals surface area contributed by atoms with Crippen LogP contribution < -0.4 is 10.1 Å². The first kappa shape index (κ1) is 12.5. The van der Waals surface area contributed by atoms with Gasteiger partial charge in [-0.2, -0.15) is 4.37 Å². The monoisotopic (exact) mass is 263 g/mol. The molecule has 1 amide bonds. The zero-order valence-electron chi connectivity index (χ0n) is 10.4. The molecule has 5 nitrogen and oxygen atoms in total. The molecule has 0 bridgehead atoms. The Hall–Kier alpha value is -1.95. The van der Waals surface area contributed by atoms with Gasteiger partial charge >= 0.3 is 0 Å². The van der Waals surface area contributed by atoms with Gasteiger partial charge in [-0.15, -0.1) is 0 Å². The van der Waals surface area contributed by atoms with Gasteiger partial charge in [-0.3, -0.25) is 4.79 Å². The van der Waals surface area contributed by atoms with Crippen LogP contribution in [0.25, 0.3) is 0 Å². The van der Waals surface area contributed by atoms with Crippen LogP contribution in [0, 0.1) is 13.8 Å². The van der Waals surface area contributed by atoms with E-state index in [2.05, 4.69) is 14.7 Å². The number of aromatic nitrogens is 2. The standard InChI is InChI=1S/C12H13N3O2S/c1-7-11(8(2)18-15-7)12(16)14-10-6-9(17-3)4-5-13-10/h4-6H,1-3H3,(H,13,14,16). The number of pyridine rings is 1. The van der Waals surface area contributed by atoms with Crippen molar-refractivity contribution in [1.82, 2.24) is 9.36 Å². The van der Waals surface area contributed by atoms with E-state index < -0.39 is 0 Å². The van der Waals surface area contributed by atoms with Crippen molar-refractivity contribution in [3.05, 3.63) is 34.5 Å². The third-order valence-corrected chi connectivity index (χ3v) is 3.31. The number of methoxy groups -OCH3 is 1. The minimum Gasteiger partial charge on any atom is -0.497 e. The topological polar surface area (TPSA) is 64.1 Å². The first-order valence-corrected chi connectivity index (χ1v) is 6.13. The van der Waals surface area contributed by atoms with Crippen LogP contribution in [0.5, 0.6) is 5.75 Å². The highest BCUT2D eigenvalue weighted by atomic mass is 32.1. The van der Waals surface area contributed by atoms with Gasteiger partial charge in [0.1, 0.15) is 11.6 Å². The van der Waals surface area contributed by atoms with Crippen LogP contribution in [0.2, 0.25) is 0 Å². The molecule has 0 unspecified atom stereocenters. The Kier molecular flexibility index (Phi) is 3.57. The van der Waals surface area contributed by atoms with Crippen molar-refractivity contribution in [2.75, 3.05) is 12.4 Å². The van der Waals surface area contributed by atoms with E-state index in [0.717, 1.165) is 10.6 Å². The van der Waals surface area contributed by atoms with E-state index >= 15 is 0 Å². The average molecular weight is 263 g/mol. The summed E-state index contributed by atoms with van der Waals surface area (Å²) >= 11 is 1.32. The quantitative estimate of drug-likeness (QED) is 0.923. The summed E-state index contributed by atoms with van der Waals surface area (Å²) in [7, 11) is 1.57. The van der Waals surface area contributed by atoms with Crippen LogP contribution in [0.4, 0.5) is 5.82 Å². The molecular formula is C12H13N3O2S. The first-order valence-electron chi connectivity index (χ1n) is 5.36. The van der Waals surface area contributed by atoms with Gasteiger partial charge in [-0.05, 0) is 31.4 Å². The average Bonchev–Trinajstić information content (AvgIpc) is 2.69. The summed E-state index contributed by atoms with van der Waals surface area (Å²) in [6.45, 7) is 3.69. The molecular weight excluding hydrogens is 250 g/mol. The van der Waals surface area contributed by atoms with E-state index in [0.29, 0.717) is 17.1 Å². The summed E-state index contributed by atoms with van der Waals surface area (Å²) in [6, 6.07) is 3.39. The van der Waals surface area contributed by atoms with Crippen LogP contribution in [-0.2, 0) is 0 Å². The second kappa shape index (κ2) is 5.14. The van der Waals surface area contributed by atoms with E-state index in [1.165, 1.54) is 11.5 Å². The van der Waals surface area contributed by atoms with Crippen LogP contribution in [0.15, 0.2) is 18.3 Å². The lowest BCUT2D eigenvalue weighted by Crippen LogP contribution is -2.14. The maximum atomic E-state index is 12.1. The summed E-state index contributed by atoms with van der Waals surface area (Å²) in [5.41, 5.74) is 1.35. The van der Waals surface area contributed by atoms with Crippen molar-refractivity contribution in [3.63, 3.8) is 0 Å². The summed E-state index contributed by atoms with van der Waals surface area (Å²) in [4.78, 5) is 17.1. The van der Waals surface area contributed by atoms with Gasteiger partial charge in [0.25, 0.3) is 5.91 Å². The lowest BCUT2D eigenvalue weighted by atomic mass is 10.2. The SMILES string of the molecule is COc1ccnc(NC(=O)c2c(C)nsc2C)c1. The minimum absolute atomic E-state index is 0.195.